The molecule has 0 bridgehead atoms. The van der Waals surface area contributed by atoms with Crippen molar-refractivity contribution in [2.45, 2.75) is 13.5 Å². The highest BCUT2D eigenvalue weighted by molar-refractivity contribution is 5.62. The van der Waals surface area contributed by atoms with Gasteiger partial charge < -0.3 is 5.32 Å². The van der Waals surface area contributed by atoms with Gasteiger partial charge in [0.2, 0.25) is 0 Å². The van der Waals surface area contributed by atoms with Crippen molar-refractivity contribution in [2.24, 2.45) is 7.05 Å². The molecule has 0 spiro atoms. The molecule has 2 aromatic heterocycles. The highest BCUT2D eigenvalue weighted by atomic mass is 15.5. The highest BCUT2D eigenvalue weighted by Gasteiger charge is 2.06. The van der Waals surface area contributed by atoms with Gasteiger partial charge in [-0.1, -0.05) is 18.2 Å². The number of nitrogens with one attached hydrogen (secondary N) is 1. The molecule has 1 N–H and O–H groups in total. The lowest BCUT2D eigenvalue weighted by molar-refractivity contribution is 0.714. The van der Waals surface area contributed by atoms with Gasteiger partial charge >= 0.3 is 0 Å². The first-order valence-corrected chi connectivity index (χ1v) is 6.70. The minimum absolute atomic E-state index is 0.681. The van der Waals surface area contributed by atoms with Crippen LogP contribution in [0.15, 0.2) is 42.6 Å². The number of pyridine rings is 1. The van der Waals surface area contributed by atoms with Gasteiger partial charge in [0, 0.05) is 24.5 Å². The number of benzene rings is 1. The standard InChI is InChI=1S/C15H16N6/c1-11-6-7-14(16-9-11)10-17-13-5-3-4-12(8-13)15-18-19-20-21(15)2/h3-9,17H,10H2,1-2H3. The molecule has 2 heterocycles. The maximum atomic E-state index is 4.38. The van der Waals surface area contributed by atoms with Crippen molar-refractivity contribution in [3.63, 3.8) is 0 Å². The van der Waals surface area contributed by atoms with Crippen molar-refractivity contribution >= 4 is 5.69 Å². The molecule has 0 aliphatic rings. The summed E-state index contributed by atoms with van der Waals surface area (Å²) in [5.74, 6) is 0.743. The van der Waals surface area contributed by atoms with Crippen LogP contribution in [0.2, 0.25) is 0 Å². The molecule has 0 amide bonds. The fourth-order valence-corrected chi connectivity index (χ4v) is 2.04. The number of hydrogen-bond acceptors (Lipinski definition) is 5. The number of tetrazole rings is 1. The maximum Gasteiger partial charge on any atom is 0.181 e. The molecule has 1 aromatic carbocycles. The molecule has 0 atom stereocenters. The van der Waals surface area contributed by atoms with E-state index in [0.717, 1.165) is 28.3 Å². The van der Waals surface area contributed by atoms with Gasteiger partial charge in [-0.05, 0) is 41.1 Å². The van der Waals surface area contributed by atoms with Gasteiger partial charge in [0.1, 0.15) is 0 Å². The fourth-order valence-electron chi connectivity index (χ4n) is 2.04. The fraction of sp³-hybridized carbons (Fsp3) is 0.200. The molecule has 0 aliphatic heterocycles. The second-order valence-electron chi connectivity index (χ2n) is 4.89. The Kier molecular flexibility index (Phi) is 3.59. The molecule has 0 aliphatic carbocycles. The van der Waals surface area contributed by atoms with E-state index < -0.39 is 0 Å². The van der Waals surface area contributed by atoms with E-state index in [4.69, 9.17) is 0 Å². The van der Waals surface area contributed by atoms with Gasteiger partial charge in [-0.3, -0.25) is 4.98 Å². The van der Waals surface area contributed by atoms with E-state index in [2.05, 4.69) is 31.9 Å². The third kappa shape index (κ3) is 3.05. The van der Waals surface area contributed by atoms with Crippen LogP contribution in [0.25, 0.3) is 11.4 Å². The van der Waals surface area contributed by atoms with Crippen molar-refractivity contribution in [2.75, 3.05) is 5.32 Å². The first kappa shape index (κ1) is 13.2. The third-order valence-electron chi connectivity index (χ3n) is 3.19. The van der Waals surface area contributed by atoms with Crippen LogP contribution in [-0.2, 0) is 13.6 Å². The molecule has 21 heavy (non-hydrogen) atoms. The van der Waals surface area contributed by atoms with E-state index in [1.54, 1.807) is 4.68 Å². The third-order valence-corrected chi connectivity index (χ3v) is 3.19. The molecule has 6 heteroatoms. The van der Waals surface area contributed by atoms with E-state index in [-0.39, 0.29) is 0 Å². The monoisotopic (exact) mass is 280 g/mol. The topological polar surface area (TPSA) is 68.5 Å². The van der Waals surface area contributed by atoms with Gasteiger partial charge in [-0.15, -0.1) is 5.10 Å². The Hall–Kier alpha value is -2.76. The maximum absolute atomic E-state index is 4.38. The van der Waals surface area contributed by atoms with Crippen LogP contribution >= 0.6 is 0 Å². The number of hydrogen-bond donors (Lipinski definition) is 1. The van der Waals surface area contributed by atoms with Gasteiger partial charge in [0.15, 0.2) is 5.82 Å². The largest absolute Gasteiger partial charge is 0.379 e. The average molecular weight is 280 g/mol. The number of aromatic nitrogens is 5. The summed E-state index contributed by atoms with van der Waals surface area (Å²) in [6.07, 6.45) is 1.87. The molecule has 3 aromatic rings. The minimum atomic E-state index is 0.681. The average Bonchev–Trinajstić information content (AvgIpc) is 2.93. The summed E-state index contributed by atoms with van der Waals surface area (Å²) >= 11 is 0. The lowest BCUT2D eigenvalue weighted by atomic mass is 10.2. The number of anilines is 1. The summed E-state index contributed by atoms with van der Waals surface area (Å²) in [4.78, 5) is 4.38. The van der Waals surface area contributed by atoms with Gasteiger partial charge in [-0.25, -0.2) is 4.68 Å². The van der Waals surface area contributed by atoms with E-state index in [9.17, 15) is 0 Å². The van der Waals surface area contributed by atoms with Crippen LogP contribution in [0.5, 0.6) is 0 Å². The normalized spacial score (nSPS) is 10.6. The smallest absolute Gasteiger partial charge is 0.181 e. The molecule has 0 unspecified atom stereocenters. The van der Waals surface area contributed by atoms with Gasteiger partial charge in [0.05, 0.1) is 12.2 Å². The van der Waals surface area contributed by atoms with Crippen LogP contribution in [0, 0.1) is 6.92 Å². The van der Waals surface area contributed by atoms with E-state index in [0.29, 0.717) is 6.54 Å². The zero-order valence-corrected chi connectivity index (χ0v) is 12.0. The van der Waals surface area contributed by atoms with E-state index in [1.807, 2.05) is 50.5 Å². The van der Waals surface area contributed by atoms with E-state index >= 15 is 0 Å². The molecule has 6 nitrogen and oxygen atoms in total. The Labute approximate surface area is 122 Å². The molecular formula is C15H16N6. The predicted molar refractivity (Wildman–Crippen MR) is 80.5 cm³/mol. The Bertz CT molecular complexity index is 732. The first-order chi connectivity index (χ1) is 10.2. The second kappa shape index (κ2) is 5.70. The lowest BCUT2D eigenvalue weighted by Gasteiger charge is -2.07. The Morgan fingerprint density at radius 1 is 1.19 bits per heavy atom. The molecule has 3 rings (SSSR count). The Morgan fingerprint density at radius 3 is 2.81 bits per heavy atom. The number of rotatable bonds is 4. The summed E-state index contributed by atoms with van der Waals surface area (Å²) in [5, 5.41) is 14.9. The summed E-state index contributed by atoms with van der Waals surface area (Å²) in [6.45, 7) is 2.71. The molecule has 0 saturated carbocycles. The van der Waals surface area contributed by atoms with Crippen LogP contribution in [0.3, 0.4) is 0 Å². The van der Waals surface area contributed by atoms with Crippen molar-refractivity contribution in [3.05, 3.63) is 53.9 Å². The van der Waals surface area contributed by atoms with Crippen LogP contribution < -0.4 is 5.32 Å². The number of nitrogens with zero attached hydrogens (tertiary/aromatic N) is 5. The minimum Gasteiger partial charge on any atom is -0.379 e. The molecule has 106 valence electrons. The number of aryl methyl sites for hydroxylation is 2. The molecule has 0 radical (unpaired) electrons. The summed E-state index contributed by atoms with van der Waals surface area (Å²) < 4.78 is 1.65. The summed E-state index contributed by atoms with van der Waals surface area (Å²) in [6, 6.07) is 12.1. The molecule has 0 saturated heterocycles. The highest BCUT2D eigenvalue weighted by Crippen LogP contribution is 2.19. The van der Waals surface area contributed by atoms with E-state index in [1.165, 1.54) is 0 Å². The second-order valence-corrected chi connectivity index (χ2v) is 4.89. The SMILES string of the molecule is Cc1ccc(CNc2cccc(-c3nnnn3C)c2)nc1. The predicted octanol–water partition coefficient (Wildman–Crippen LogP) is 2.19. The lowest BCUT2D eigenvalue weighted by Crippen LogP contribution is -2.02. The van der Waals surface area contributed by atoms with Crippen LogP contribution in [0.4, 0.5) is 5.69 Å². The Balaban J connectivity index is 1.74. The Morgan fingerprint density at radius 2 is 2.10 bits per heavy atom. The molecular weight excluding hydrogens is 264 g/mol. The van der Waals surface area contributed by atoms with Gasteiger partial charge in [-0.2, -0.15) is 0 Å². The molecule has 0 fully saturated rings. The van der Waals surface area contributed by atoms with Crippen LogP contribution in [-0.4, -0.2) is 25.2 Å². The van der Waals surface area contributed by atoms with Crippen molar-refractivity contribution in [1.82, 2.24) is 25.2 Å². The quantitative estimate of drug-likeness (QED) is 0.793. The van der Waals surface area contributed by atoms with Crippen molar-refractivity contribution in [1.29, 1.82) is 0 Å². The first-order valence-electron chi connectivity index (χ1n) is 6.70. The summed E-state index contributed by atoms with van der Waals surface area (Å²) in [7, 11) is 1.83. The summed E-state index contributed by atoms with van der Waals surface area (Å²) in [5.41, 5.74) is 4.16. The van der Waals surface area contributed by atoms with Crippen LogP contribution in [0.1, 0.15) is 11.3 Å². The van der Waals surface area contributed by atoms with Crippen molar-refractivity contribution in [3.8, 4) is 11.4 Å². The van der Waals surface area contributed by atoms with Gasteiger partial charge in [0.25, 0.3) is 0 Å². The zero-order valence-electron chi connectivity index (χ0n) is 12.0. The zero-order chi connectivity index (χ0) is 14.7. The van der Waals surface area contributed by atoms with Crippen molar-refractivity contribution < 1.29 is 0 Å².